The van der Waals surface area contributed by atoms with E-state index in [4.69, 9.17) is 0 Å². The third-order valence-corrected chi connectivity index (χ3v) is 2.23. The van der Waals surface area contributed by atoms with E-state index in [0.717, 1.165) is 24.0 Å². The van der Waals surface area contributed by atoms with E-state index in [9.17, 15) is 0 Å². The van der Waals surface area contributed by atoms with Gasteiger partial charge in [0, 0.05) is 11.8 Å². The summed E-state index contributed by atoms with van der Waals surface area (Å²) in [6, 6.07) is 0. The van der Waals surface area contributed by atoms with Crippen LogP contribution in [0.25, 0.3) is 0 Å². The van der Waals surface area contributed by atoms with Gasteiger partial charge >= 0.3 is 0 Å². The minimum absolute atomic E-state index is 0.828. The Bertz CT molecular complexity index is 187. The second-order valence-corrected chi connectivity index (χ2v) is 3.47. The van der Waals surface area contributed by atoms with Crippen molar-refractivity contribution in [2.45, 2.75) is 32.1 Å². The normalized spacial score (nSPS) is 10.4. The summed E-state index contributed by atoms with van der Waals surface area (Å²) in [6.07, 6.45) is 5.89. The maximum absolute atomic E-state index is 3.88. The molecule has 68 valence electrons. The molecule has 1 aromatic heterocycles. The molecule has 0 unspecified atom stereocenters. The van der Waals surface area contributed by atoms with E-state index in [0.29, 0.717) is 0 Å². The first-order valence-corrected chi connectivity index (χ1v) is 5.34. The molecule has 0 atom stereocenters. The Morgan fingerprint density at radius 2 is 2.00 bits per heavy atom. The number of aromatic amines is 1. The van der Waals surface area contributed by atoms with E-state index < -0.39 is 0 Å². The van der Waals surface area contributed by atoms with Crippen molar-refractivity contribution < 1.29 is 0 Å². The molecular weight excluding hydrogens is 220 g/mol. The average molecular weight is 233 g/mol. The Balaban J connectivity index is 1.96. The standard InChI is InChI=1S/C7H13BrN4/c8-6-4-2-1-3-5-7-9-11-12-10-7/h1-6H2,(H,9,10,11,12). The monoisotopic (exact) mass is 232 g/mol. The largest absolute Gasteiger partial charge is 0.177 e. The van der Waals surface area contributed by atoms with E-state index in [1.807, 2.05) is 0 Å². The van der Waals surface area contributed by atoms with Crippen LogP contribution in [0.3, 0.4) is 0 Å². The molecule has 5 heteroatoms. The van der Waals surface area contributed by atoms with Crippen LogP contribution in [0.2, 0.25) is 0 Å². The number of H-pyrrole nitrogens is 1. The predicted octanol–water partition coefficient (Wildman–Crippen LogP) is 1.70. The molecule has 0 aliphatic carbocycles. The van der Waals surface area contributed by atoms with Gasteiger partial charge in [0.05, 0.1) is 0 Å². The van der Waals surface area contributed by atoms with Crippen LogP contribution in [0.5, 0.6) is 0 Å². The van der Waals surface area contributed by atoms with E-state index >= 15 is 0 Å². The summed E-state index contributed by atoms with van der Waals surface area (Å²) in [5.41, 5.74) is 0. The third-order valence-electron chi connectivity index (χ3n) is 1.67. The van der Waals surface area contributed by atoms with E-state index in [1.54, 1.807) is 0 Å². The number of tetrazole rings is 1. The number of nitrogens with one attached hydrogen (secondary N) is 1. The number of hydrogen-bond donors (Lipinski definition) is 1. The molecule has 1 rings (SSSR count). The van der Waals surface area contributed by atoms with Crippen LogP contribution in [0.15, 0.2) is 0 Å². The lowest BCUT2D eigenvalue weighted by atomic mass is 10.1. The van der Waals surface area contributed by atoms with E-state index in [1.165, 1.54) is 19.3 Å². The Labute approximate surface area is 80.3 Å². The SMILES string of the molecule is BrCCCCCCc1nn[nH]n1. The molecule has 0 bridgehead atoms. The van der Waals surface area contributed by atoms with Crippen molar-refractivity contribution in [3.8, 4) is 0 Å². The lowest BCUT2D eigenvalue weighted by Crippen LogP contribution is -1.89. The molecule has 0 aromatic carbocycles. The maximum atomic E-state index is 3.88. The van der Waals surface area contributed by atoms with Crippen LogP contribution < -0.4 is 0 Å². The van der Waals surface area contributed by atoms with Crippen molar-refractivity contribution in [3.63, 3.8) is 0 Å². The number of halogens is 1. The zero-order valence-electron chi connectivity index (χ0n) is 6.96. The molecule has 0 spiro atoms. The molecule has 1 N–H and O–H groups in total. The van der Waals surface area contributed by atoms with Gasteiger partial charge in [-0.3, -0.25) is 0 Å². The van der Waals surface area contributed by atoms with Crippen molar-refractivity contribution in [2.75, 3.05) is 5.33 Å². The lowest BCUT2D eigenvalue weighted by Gasteiger charge is -1.95. The summed E-state index contributed by atoms with van der Waals surface area (Å²) in [4.78, 5) is 0. The Hall–Kier alpha value is -0.450. The lowest BCUT2D eigenvalue weighted by molar-refractivity contribution is 0.657. The Morgan fingerprint density at radius 1 is 1.17 bits per heavy atom. The van der Waals surface area contributed by atoms with Gasteiger partial charge in [0.25, 0.3) is 0 Å². The van der Waals surface area contributed by atoms with Gasteiger partial charge in [-0.15, -0.1) is 10.2 Å². The molecule has 12 heavy (non-hydrogen) atoms. The number of rotatable bonds is 6. The predicted molar refractivity (Wildman–Crippen MR) is 50.1 cm³/mol. The second kappa shape index (κ2) is 6.11. The number of hydrogen-bond acceptors (Lipinski definition) is 3. The summed E-state index contributed by atoms with van der Waals surface area (Å²) in [6.45, 7) is 0. The van der Waals surface area contributed by atoms with E-state index in [-0.39, 0.29) is 0 Å². The number of aryl methyl sites for hydroxylation is 1. The van der Waals surface area contributed by atoms with Crippen molar-refractivity contribution >= 4 is 15.9 Å². The van der Waals surface area contributed by atoms with Crippen LogP contribution >= 0.6 is 15.9 Å². The fourth-order valence-electron chi connectivity index (χ4n) is 1.02. The van der Waals surface area contributed by atoms with Gasteiger partial charge in [-0.05, 0) is 12.8 Å². The number of nitrogens with zero attached hydrogens (tertiary/aromatic N) is 3. The van der Waals surface area contributed by atoms with Crippen molar-refractivity contribution in [1.82, 2.24) is 20.6 Å². The van der Waals surface area contributed by atoms with Gasteiger partial charge in [0.15, 0.2) is 5.82 Å². The van der Waals surface area contributed by atoms with Gasteiger partial charge < -0.3 is 0 Å². The summed E-state index contributed by atoms with van der Waals surface area (Å²) >= 11 is 3.40. The highest BCUT2D eigenvalue weighted by atomic mass is 79.9. The summed E-state index contributed by atoms with van der Waals surface area (Å²) in [5, 5.41) is 14.8. The van der Waals surface area contributed by atoms with Crippen LogP contribution in [-0.2, 0) is 6.42 Å². The zero-order valence-corrected chi connectivity index (χ0v) is 8.55. The molecule has 0 saturated carbocycles. The molecule has 0 amide bonds. The molecule has 4 nitrogen and oxygen atoms in total. The van der Waals surface area contributed by atoms with Crippen LogP contribution in [0.4, 0.5) is 0 Å². The highest BCUT2D eigenvalue weighted by Gasteiger charge is 1.96. The third kappa shape index (κ3) is 3.80. The number of alkyl halides is 1. The second-order valence-electron chi connectivity index (χ2n) is 2.68. The average Bonchev–Trinajstić information content (AvgIpc) is 2.57. The highest BCUT2D eigenvalue weighted by molar-refractivity contribution is 9.09. The van der Waals surface area contributed by atoms with Gasteiger partial charge in [-0.2, -0.15) is 5.21 Å². The number of aromatic nitrogens is 4. The van der Waals surface area contributed by atoms with E-state index in [2.05, 4.69) is 36.6 Å². The first kappa shape index (κ1) is 9.64. The smallest absolute Gasteiger partial charge is 0.174 e. The van der Waals surface area contributed by atoms with Gasteiger partial charge in [-0.25, -0.2) is 0 Å². The molecule has 0 fully saturated rings. The van der Waals surface area contributed by atoms with Crippen molar-refractivity contribution in [1.29, 1.82) is 0 Å². The molecule has 0 saturated heterocycles. The van der Waals surface area contributed by atoms with Gasteiger partial charge in [0.2, 0.25) is 0 Å². The highest BCUT2D eigenvalue weighted by Crippen LogP contribution is 2.04. The summed E-state index contributed by atoms with van der Waals surface area (Å²) < 4.78 is 0. The first-order chi connectivity index (χ1) is 5.93. The molecule has 0 radical (unpaired) electrons. The van der Waals surface area contributed by atoms with Crippen LogP contribution in [0.1, 0.15) is 31.5 Å². The minimum Gasteiger partial charge on any atom is -0.177 e. The van der Waals surface area contributed by atoms with Crippen molar-refractivity contribution in [2.24, 2.45) is 0 Å². The molecule has 0 aliphatic rings. The molecule has 1 aromatic rings. The van der Waals surface area contributed by atoms with Crippen molar-refractivity contribution in [3.05, 3.63) is 5.82 Å². The summed E-state index contributed by atoms with van der Waals surface area (Å²) in [5.74, 6) is 0.828. The Morgan fingerprint density at radius 3 is 2.67 bits per heavy atom. The molecule has 1 heterocycles. The van der Waals surface area contributed by atoms with Gasteiger partial charge in [-0.1, -0.05) is 34.0 Å². The molecular formula is C7H13BrN4. The zero-order chi connectivity index (χ0) is 8.65. The molecule has 0 aliphatic heterocycles. The van der Waals surface area contributed by atoms with Crippen LogP contribution in [0, 0.1) is 0 Å². The first-order valence-electron chi connectivity index (χ1n) is 4.22. The minimum atomic E-state index is 0.828. The van der Waals surface area contributed by atoms with Crippen LogP contribution in [-0.4, -0.2) is 26.0 Å². The Kier molecular flexibility index (Phi) is 4.91. The maximum Gasteiger partial charge on any atom is 0.174 e. The number of unbranched alkanes of at least 4 members (excludes halogenated alkanes) is 3. The van der Waals surface area contributed by atoms with Gasteiger partial charge in [0.1, 0.15) is 0 Å². The fraction of sp³-hybridized carbons (Fsp3) is 0.857. The quantitative estimate of drug-likeness (QED) is 0.601. The fourth-order valence-corrected chi connectivity index (χ4v) is 1.42. The summed E-state index contributed by atoms with van der Waals surface area (Å²) in [7, 11) is 0. The topological polar surface area (TPSA) is 54.5 Å².